The second-order valence-corrected chi connectivity index (χ2v) is 0.956. The molecule has 0 aliphatic carbocycles. The molecule has 0 unspecified atom stereocenters. The molecular formula is C4H6O3. The van der Waals surface area contributed by atoms with E-state index in [-0.39, 0.29) is 6.42 Å². The summed E-state index contributed by atoms with van der Waals surface area (Å²) in [6.45, 7) is 3.24. The van der Waals surface area contributed by atoms with Gasteiger partial charge in [0.1, 0.15) is 0 Å². The lowest BCUT2D eigenvalue weighted by Crippen LogP contribution is -1.96. The average molecular weight is 102 g/mol. The summed E-state index contributed by atoms with van der Waals surface area (Å²) in [5.74, 6) is -0.685. The molecule has 0 aliphatic heterocycles. The predicted molar refractivity (Wildman–Crippen MR) is 23.5 cm³/mol. The van der Waals surface area contributed by atoms with Gasteiger partial charge in [-0.15, -0.1) is 6.58 Å². The minimum Gasteiger partial charge on any atom is -0.301 e. The zero-order valence-electron chi connectivity index (χ0n) is 3.76. The summed E-state index contributed by atoms with van der Waals surface area (Å²) in [4.78, 5) is 13.1. The first kappa shape index (κ1) is 6.17. The highest BCUT2D eigenvalue weighted by Gasteiger charge is 1.93. The summed E-state index contributed by atoms with van der Waals surface area (Å²) >= 11 is 0. The summed E-state index contributed by atoms with van der Waals surface area (Å²) in [6.07, 6.45) is 1.40. The molecule has 0 fully saturated rings. The third-order valence-corrected chi connectivity index (χ3v) is 0.413. The topological polar surface area (TPSA) is 46.5 Å². The Bertz CT molecular complexity index is 77.0. The third kappa shape index (κ3) is 2.99. The summed E-state index contributed by atoms with van der Waals surface area (Å²) in [5, 5.41) is 7.57. The Hall–Kier alpha value is -0.830. The fourth-order valence-electron chi connectivity index (χ4n) is 0.155. The Labute approximate surface area is 41.1 Å². The molecule has 0 amide bonds. The number of carbonyl (C=O) groups excluding carboxylic acids is 1. The predicted octanol–water partition coefficient (Wildman–Crippen LogP) is 0.579. The average Bonchev–Trinajstić information content (AvgIpc) is 1.68. The first-order chi connectivity index (χ1) is 3.31. The van der Waals surface area contributed by atoms with Crippen LogP contribution >= 0.6 is 0 Å². The molecule has 1 N–H and O–H groups in total. The van der Waals surface area contributed by atoms with Crippen molar-refractivity contribution in [3.63, 3.8) is 0 Å². The summed E-state index contributed by atoms with van der Waals surface area (Å²) in [6, 6.07) is 0. The molecular weight excluding hydrogens is 96.0 g/mol. The highest BCUT2D eigenvalue weighted by molar-refractivity contribution is 5.70. The van der Waals surface area contributed by atoms with Crippen LogP contribution in [0.15, 0.2) is 12.7 Å². The number of hydrogen-bond acceptors (Lipinski definition) is 3. The smallest absolute Gasteiger partial charge is 0.301 e. The van der Waals surface area contributed by atoms with E-state index >= 15 is 0 Å². The van der Waals surface area contributed by atoms with Crippen LogP contribution < -0.4 is 0 Å². The van der Waals surface area contributed by atoms with Crippen molar-refractivity contribution in [1.82, 2.24) is 0 Å². The molecule has 0 aromatic carbocycles. The van der Waals surface area contributed by atoms with E-state index in [1.54, 1.807) is 0 Å². The molecule has 0 saturated heterocycles. The van der Waals surface area contributed by atoms with Crippen molar-refractivity contribution in [2.45, 2.75) is 6.42 Å². The Morgan fingerprint density at radius 3 is 2.71 bits per heavy atom. The van der Waals surface area contributed by atoms with E-state index in [1.807, 2.05) is 0 Å². The second kappa shape index (κ2) is 3.36. The van der Waals surface area contributed by atoms with Gasteiger partial charge in [-0.3, -0.25) is 0 Å². The standard InChI is InChI=1S/C4H6O3/c1-2-3-4(5)7-6/h2,6H,1,3H2. The molecule has 40 valence electrons. The number of rotatable bonds is 2. The normalized spacial score (nSPS) is 7.57. The SMILES string of the molecule is C=CCC(=O)OO. The summed E-state index contributed by atoms with van der Waals surface area (Å²) in [5.41, 5.74) is 0. The molecule has 0 radical (unpaired) electrons. The molecule has 3 nitrogen and oxygen atoms in total. The van der Waals surface area contributed by atoms with Gasteiger partial charge in [0.05, 0.1) is 6.42 Å². The van der Waals surface area contributed by atoms with Gasteiger partial charge in [-0.05, 0) is 0 Å². The van der Waals surface area contributed by atoms with E-state index in [2.05, 4.69) is 11.5 Å². The summed E-state index contributed by atoms with van der Waals surface area (Å²) in [7, 11) is 0. The van der Waals surface area contributed by atoms with Crippen LogP contribution in [0.4, 0.5) is 0 Å². The quantitative estimate of drug-likeness (QED) is 0.315. The summed E-state index contributed by atoms with van der Waals surface area (Å²) < 4.78 is 0. The highest BCUT2D eigenvalue weighted by Crippen LogP contribution is 1.80. The maximum atomic E-state index is 9.87. The maximum absolute atomic E-state index is 9.87. The van der Waals surface area contributed by atoms with Crippen LogP contribution in [0.1, 0.15) is 6.42 Å². The zero-order valence-corrected chi connectivity index (χ0v) is 3.76. The fraction of sp³-hybridized carbons (Fsp3) is 0.250. The van der Waals surface area contributed by atoms with E-state index < -0.39 is 5.97 Å². The van der Waals surface area contributed by atoms with Gasteiger partial charge in [0, 0.05) is 0 Å². The van der Waals surface area contributed by atoms with Crippen LogP contribution in [-0.2, 0) is 9.68 Å². The lowest BCUT2D eigenvalue weighted by molar-refractivity contribution is -0.233. The second-order valence-electron chi connectivity index (χ2n) is 0.956. The maximum Gasteiger partial charge on any atom is 0.345 e. The monoisotopic (exact) mass is 102 g/mol. The van der Waals surface area contributed by atoms with Crippen LogP contribution in [0.3, 0.4) is 0 Å². The molecule has 0 aliphatic rings. The number of carbonyl (C=O) groups is 1. The molecule has 0 heterocycles. The molecule has 0 spiro atoms. The van der Waals surface area contributed by atoms with Crippen molar-refractivity contribution in [1.29, 1.82) is 0 Å². The van der Waals surface area contributed by atoms with E-state index in [4.69, 9.17) is 5.26 Å². The molecule has 3 heteroatoms. The van der Waals surface area contributed by atoms with Gasteiger partial charge in [-0.2, -0.15) is 5.26 Å². The third-order valence-electron chi connectivity index (χ3n) is 0.413. The Kier molecular flexibility index (Phi) is 2.96. The molecule has 0 rings (SSSR count). The van der Waals surface area contributed by atoms with Crippen LogP contribution in [0.2, 0.25) is 0 Å². The molecule has 0 aromatic rings. The van der Waals surface area contributed by atoms with Crippen LogP contribution in [0.5, 0.6) is 0 Å². The van der Waals surface area contributed by atoms with E-state index in [9.17, 15) is 4.79 Å². The lowest BCUT2D eigenvalue weighted by Gasteiger charge is -1.84. The largest absolute Gasteiger partial charge is 0.345 e. The van der Waals surface area contributed by atoms with Crippen molar-refractivity contribution < 1.29 is 14.9 Å². The molecule has 0 atom stereocenters. The van der Waals surface area contributed by atoms with Gasteiger partial charge in [-0.1, -0.05) is 6.08 Å². The molecule has 0 saturated carbocycles. The molecule has 0 bridgehead atoms. The first-order valence-corrected chi connectivity index (χ1v) is 1.76. The van der Waals surface area contributed by atoms with Crippen molar-refractivity contribution in [2.24, 2.45) is 0 Å². The van der Waals surface area contributed by atoms with Crippen LogP contribution in [0.25, 0.3) is 0 Å². The Balaban J connectivity index is 3.17. The van der Waals surface area contributed by atoms with E-state index in [1.165, 1.54) is 6.08 Å². The van der Waals surface area contributed by atoms with Crippen molar-refractivity contribution >= 4 is 5.97 Å². The van der Waals surface area contributed by atoms with Crippen molar-refractivity contribution in [2.75, 3.05) is 0 Å². The minimum absolute atomic E-state index is 0.0521. The van der Waals surface area contributed by atoms with Crippen LogP contribution in [-0.4, -0.2) is 11.2 Å². The van der Waals surface area contributed by atoms with Crippen LogP contribution in [0, 0.1) is 0 Å². The highest BCUT2D eigenvalue weighted by atomic mass is 17.1. The molecule has 0 aromatic heterocycles. The van der Waals surface area contributed by atoms with E-state index in [0.717, 1.165) is 0 Å². The van der Waals surface area contributed by atoms with E-state index in [0.29, 0.717) is 0 Å². The first-order valence-electron chi connectivity index (χ1n) is 1.76. The lowest BCUT2D eigenvalue weighted by atomic mass is 10.4. The minimum atomic E-state index is -0.685. The zero-order chi connectivity index (χ0) is 5.70. The van der Waals surface area contributed by atoms with Gasteiger partial charge < -0.3 is 4.89 Å². The van der Waals surface area contributed by atoms with Gasteiger partial charge in [-0.25, -0.2) is 4.79 Å². The number of hydrogen-bond donors (Lipinski definition) is 1. The Morgan fingerprint density at radius 1 is 2.00 bits per heavy atom. The fourth-order valence-corrected chi connectivity index (χ4v) is 0.155. The van der Waals surface area contributed by atoms with Gasteiger partial charge in [0.15, 0.2) is 0 Å². The van der Waals surface area contributed by atoms with Gasteiger partial charge >= 0.3 is 5.97 Å². The Morgan fingerprint density at radius 2 is 2.57 bits per heavy atom. The van der Waals surface area contributed by atoms with Gasteiger partial charge in [0.2, 0.25) is 0 Å². The van der Waals surface area contributed by atoms with Crippen molar-refractivity contribution in [3.8, 4) is 0 Å². The molecule has 7 heavy (non-hydrogen) atoms. The van der Waals surface area contributed by atoms with Crippen molar-refractivity contribution in [3.05, 3.63) is 12.7 Å². The van der Waals surface area contributed by atoms with Gasteiger partial charge in [0.25, 0.3) is 0 Å².